The van der Waals surface area contributed by atoms with E-state index in [1.807, 2.05) is 24.0 Å². The Balaban J connectivity index is 1.30. The third kappa shape index (κ3) is 4.44. The minimum absolute atomic E-state index is 0.0316. The molecule has 1 aliphatic heterocycles. The highest BCUT2D eigenvalue weighted by atomic mass is 16.5. The van der Waals surface area contributed by atoms with E-state index in [4.69, 9.17) is 4.74 Å². The quantitative estimate of drug-likeness (QED) is 0.862. The molecule has 1 saturated heterocycles. The number of carbonyl (C=O) groups is 1. The molecule has 0 saturated carbocycles. The van der Waals surface area contributed by atoms with Crippen molar-refractivity contribution in [3.8, 4) is 5.75 Å². The first kappa shape index (κ1) is 19.5. The number of anilines is 1. The number of carbonyl (C=O) groups excluding carboxylic acids is 1. The molecular weight excluding hydrogens is 366 g/mol. The lowest BCUT2D eigenvalue weighted by Gasteiger charge is -2.36. The first-order valence-electron chi connectivity index (χ1n) is 10.4. The van der Waals surface area contributed by atoms with Crippen molar-refractivity contribution in [2.24, 2.45) is 0 Å². The number of aromatic nitrogens is 2. The van der Waals surface area contributed by atoms with Crippen molar-refractivity contribution >= 4 is 11.8 Å². The second kappa shape index (κ2) is 8.68. The highest BCUT2D eigenvalue weighted by Gasteiger charge is 2.25. The van der Waals surface area contributed by atoms with Crippen molar-refractivity contribution < 1.29 is 9.53 Å². The van der Waals surface area contributed by atoms with Gasteiger partial charge in [-0.3, -0.25) is 0 Å². The molecule has 2 aromatic rings. The van der Waals surface area contributed by atoms with E-state index >= 15 is 0 Å². The number of rotatable bonds is 4. The topological polar surface area (TPSA) is 70.6 Å². The maximum absolute atomic E-state index is 12.7. The lowest BCUT2D eigenvalue weighted by molar-refractivity contribution is 0.193. The van der Waals surface area contributed by atoms with Crippen molar-refractivity contribution in [2.45, 2.75) is 32.1 Å². The molecule has 4 rings (SSSR count). The lowest BCUT2D eigenvalue weighted by atomic mass is 9.82. The zero-order valence-corrected chi connectivity index (χ0v) is 17.2. The van der Waals surface area contributed by atoms with Gasteiger partial charge in [-0.2, -0.15) is 0 Å². The van der Waals surface area contributed by atoms with Crippen molar-refractivity contribution in [1.82, 2.24) is 20.2 Å². The van der Waals surface area contributed by atoms with Crippen LogP contribution in [0.5, 0.6) is 5.75 Å². The van der Waals surface area contributed by atoms with Gasteiger partial charge in [0, 0.05) is 44.8 Å². The molecule has 1 N–H and O–H groups in total. The van der Waals surface area contributed by atoms with Crippen LogP contribution >= 0.6 is 0 Å². The molecule has 2 amide bonds. The van der Waals surface area contributed by atoms with E-state index in [0.29, 0.717) is 25.6 Å². The molecular formula is C22H29N5O2. The van der Waals surface area contributed by atoms with Crippen LogP contribution in [-0.2, 0) is 6.42 Å². The van der Waals surface area contributed by atoms with Gasteiger partial charge in [0.25, 0.3) is 0 Å². The number of methoxy groups -OCH3 is 1. The monoisotopic (exact) mass is 395 g/mol. The number of nitrogens with one attached hydrogen (secondary N) is 1. The van der Waals surface area contributed by atoms with Gasteiger partial charge < -0.3 is 19.9 Å². The highest BCUT2D eigenvalue weighted by molar-refractivity contribution is 5.74. The Labute approximate surface area is 172 Å². The number of piperazine rings is 1. The molecule has 0 radical (unpaired) electrons. The molecule has 0 spiro atoms. The molecule has 7 heteroatoms. The Kier molecular flexibility index (Phi) is 5.83. The van der Waals surface area contributed by atoms with E-state index in [2.05, 4.69) is 32.3 Å². The fraction of sp³-hybridized carbons (Fsp3) is 0.500. The minimum Gasteiger partial charge on any atom is -0.497 e. The molecule has 1 aromatic heterocycles. The van der Waals surface area contributed by atoms with Crippen LogP contribution in [0, 0.1) is 6.92 Å². The number of benzene rings is 1. The number of amides is 2. The summed E-state index contributed by atoms with van der Waals surface area (Å²) in [6, 6.07) is 8.28. The summed E-state index contributed by atoms with van der Waals surface area (Å²) >= 11 is 0. The van der Waals surface area contributed by atoms with Crippen LogP contribution in [0.3, 0.4) is 0 Å². The second-order valence-electron chi connectivity index (χ2n) is 7.78. The molecule has 1 fully saturated rings. The third-order valence-electron chi connectivity index (χ3n) is 5.94. The molecule has 1 aliphatic carbocycles. The van der Waals surface area contributed by atoms with Crippen molar-refractivity contribution in [2.75, 3.05) is 44.7 Å². The summed E-state index contributed by atoms with van der Waals surface area (Å²) in [5.74, 6) is 2.99. The minimum atomic E-state index is 0.0316. The first-order valence-corrected chi connectivity index (χ1v) is 10.4. The highest BCUT2D eigenvalue weighted by Crippen LogP contribution is 2.33. The number of nitrogens with zero attached hydrogens (tertiary/aromatic N) is 4. The van der Waals surface area contributed by atoms with E-state index in [-0.39, 0.29) is 6.03 Å². The SMILES string of the molecule is COc1ccc2c(c1)CCC[C@@H]2CNC(=O)N1CCN(c2ccnc(C)n2)CC1. The zero-order valence-electron chi connectivity index (χ0n) is 17.2. The summed E-state index contributed by atoms with van der Waals surface area (Å²) in [5, 5.41) is 3.17. The average Bonchev–Trinajstić information content (AvgIpc) is 2.77. The van der Waals surface area contributed by atoms with Crippen LogP contribution in [0.2, 0.25) is 0 Å². The van der Waals surface area contributed by atoms with Crippen molar-refractivity contribution in [3.05, 3.63) is 47.4 Å². The van der Waals surface area contributed by atoms with Crippen molar-refractivity contribution in [3.63, 3.8) is 0 Å². The van der Waals surface area contributed by atoms with Crippen LogP contribution in [0.25, 0.3) is 0 Å². The second-order valence-corrected chi connectivity index (χ2v) is 7.78. The summed E-state index contributed by atoms with van der Waals surface area (Å²) in [7, 11) is 1.70. The van der Waals surface area contributed by atoms with Crippen molar-refractivity contribution in [1.29, 1.82) is 0 Å². The number of urea groups is 1. The summed E-state index contributed by atoms with van der Waals surface area (Å²) in [6.45, 7) is 5.56. The summed E-state index contributed by atoms with van der Waals surface area (Å²) in [5.41, 5.74) is 2.70. The van der Waals surface area contributed by atoms with Crippen LogP contribution in [0.15, 0.2) is 30.5 Å². The first-order chi connectivity index (χ1) is 14.1. The van der Waals surface area contributed by atoms with Gasteiger partial charge in [0.2, 0.25) is 0 Å². The van der Waals surface area contributed by atoms with E-state index < -0.39 is 0 Å². The number of hydrogen-bond acceptors (Lipinski definition) is 5. The molecule has 154 valence electrons. The predicted octanol–water partition coefficient (Wildman–Crippen LogP) is 2.75. The normalized spacial score (nSPS) is 18.9. The Morgan fingerprint density at radius 3 is 2.83 bits per heavy atom. The smallest absolute Gasteiger partial charge is 0.317 e. The average molecular weight is 396 g/mol. The molecule has 0 unspecified atom stereocenters. The predicted molar refractivity (Wildman–Crippen MR) is 113 cm³/mol. The van der Waals surface area contributed by atoms with Gasteiger partial charge in [-0.25, -0.2) is 14.8 Å². The maximum Gasteiger partial charge on any atom is 0.317 e. The molecule has 7 nitrogen and oxygen atoms in total. The maximum atomic E-state index is 12.7. The molecule has 2 heterocycles. The Bertz CT molecular complexity index is 864. The molecule has 1 atom stereocenters. The number of aryl methyl sites for hydroxylation is 2. The fourth-order valence-corrected chi connectivity index (χ4v) is 4.31. The largest absolute Gasteiger partial charge is 0.497 e. The summed E-state index contributed by atoms with van der Waals surface area (Å²) in [4.78, 5) is 25.5. The molecule has 29 heavy (non-hydrogen) atoms. The van der Waals surface area contributed by atoms with Gasteiger partial charge >= 0.3 is 6.03 Å². The van der Waals surface area contributed by atoms with Crippen LogP contribution in [0.4, 0.5) is 10.6 Å². The molecule has 2 aliphatic rings. The Morgan fingerprint density at radius 2 is 2.07 bits per heavy atom. The van der Waals surface area contributed by atoms with Gasteiger partial charge in [0.1, 0.15) is 17.4 Å². The van der Waals surface area contributed by atoms with E-state index in [9.17, 15) is 4.79 Å². The van der Waals surface area contributed by atoms with E-state index in [1.54, 1.807) is 13.3 Å². The van der Waals surface area contributed by atoms with Crippen LogP contribution < -0.4 is 15.0 Å². The fourth-order valence-electron chi connectivity index (χ4n) is 4.31. The van der Waals surface area contributed by atoms with Crippen LogP contribution in [-0.4, -0.2) is 60.7 Å². The summed E-state index contributed by atoms with van der Waals surface area (Å²) in [6.07, 6.45) is 5.13. The molecule has 1 aromatic carbocycles. The van der Waals surface area contributed by atoms with E-state index in [1.165, 1.54) is 11.1 Å². The number of hydrogen-bond donors (Lipinski definition) is 1. The van der Waals surface area contributed by atoms with Crippen LogP contribution in [0.1, 0.15) is 35.7 Å². The van der Waals surface area contributed by atoms with Gasteiger partial charge in [-0.1, -0.05) is 6.07 Å². The number of fused-ring (bicyclic) bond motifs is 1. The third-order valence-corrected chi connectivity index (χ3v) is 5.94. The van der Waals surface area contributed by atoms with Gasteiger partial charge in [0.05, 0.1) is 7.11 Å². The van der Waals surface area contributed by atoms with E-state index in [0.717, 1.165) is 49.7 Å². The standard InChI is InChI=1S/C22H29N5O2/c1-16-23-9-8-21(25-16)26-10-12-27(13-11-26)22(28)24-15-18-5-3-4-17-14-19(29-2)6-7-20(17)18/h6-9,14,18H,3-5,10-13,15H2,1-2H3,(H,24,28)/t18-/m1/s1. The molecule has 0 bridgehead atoms. The zero-order chi connectivity index (χ0) is 20.2. The van der Waals surface area contributed by atoms with Gasteiger partial charge in [-0.05, 0) is 55.5 Å². The van der Waals surface area contributed by atoms with Gasteiger partial charge in [-0.15, -0.1) is 0 Å². The summed E-state index contributed by atoms with van der Waals surface area (Å²) < 4.78 is 5.35. The van der Waals surface area contributed by atoms with Gasteiger partial charge in [0.15, 0.2) is 0 Å². The lowest BCUT2D eigenvalue weighted by Crippen LogP contribution is -2.52. The number of ether oxygens (including phenoxy) is 1. The Hall–Kier alpha value is -2.83. The Morgan fingerprint density at radius 1 is 1.24 bits per heavy atom.